The standard InChI is InChI=1S/C17H21N3O3/c1-17(2,3)23-16(22)20-15(11-21)13-6-4-12(5-7-13)14-10-18-8-9-19-14/h4-10,15,21H,11H2,1-3H3,(H,20,22)/t15-/m0/s1. The minimum absolute atomic E-state index is 0.219. The third-order valence-electron chi connectivity index (χ3n) is 3.05. The third-order valence-corrected chi connectivity index (χ3v) is 3.05. The molecule has 1 aromatic carbocycles. The summed E-state index contributed by atoms with van der Waals surface area (Å²) in [5.74, 6) is 0. The molecule has 2 rings (SSSR count). The Morgan fingerprint density at radius 1 is 1.26 bits per heavy atom. The van der Waals surface area contributed by atoms with Gasteiger partial charge in [0.05, 0.1) is 24.5 Å². The van der Waals surface area contributed by atoms with Gasteiger partial charge in [-0.2, -0.15) is 0 Å². The SMILES string of the molecule is CC(C)(C)OC(=O)N[C@@H](CO)c1ccc(-c2cnccn2)cc1. The fourth-order valence-electron chi connectivity index (χ4n) is 2.02. The third kappa shape index (κ3) is 5.03. The molecule has 6 heteroatoms. The number of hydrogen-bond donors (Lipinski definition) is 2. The molecule has 122 valence electrons. The van der Waals surface area contributed by atoms with Crippen LogP contribution in [0.5, 0.6) is 0 Å². The minimum atomic E-state index is -0.583. The second-order valence-corrected chi connectivity index (χ2v) is 6.09. The maximum absolute atomic E-state index is 11.8. The summed E-state index contributed by atoms with van der Waals surface area (Å²) in [6.45, 7) is 5.15. The van der Waals surface area contributed by atoms with Gasteiger partial charge in [0.15, 0.2) is 0 Å². The summed E-state index contributed by atoms with van der Waals surface area (Å²) in [5, 5.41) is 12.2. The molecule has 0 radical (unpaired) electrons. The van der Waals surface area contributed by atoms with E-state index < -0.39 is 17.7 Å². The van der Waals surface area contributed by atoms with E-state index in [-0.39, 0.29) is 6.61 Å². The largest absolute Gasteiger partial charge is 0.444 e. The van der Waals surface area contributed by atoms with Gasteiger partial charge in [0.2, 0.25) is 0 Å². The van der Waals surface area contributed by atoms with Crippen molar-refractivity contribution in [1.82, 2.24) is 15.3 Å². The first-order valence-electron chi connectivity index (χ1n) is 7.36. The fraction of sp³-hybridized carbons (Fsp3) is 0.353. The first-order valence-corrected chi connectivity index (χ1v) is 7.36. The van der Waals surface area contributed by atoms with Gasteiger partial charge in [-0.15, -0.1) is 0 Å². The van der Waals surface area contributed by atoms with Gasteiger partial charge in [0.1, 0.15) is 5.60 Å². The summed E-state index contributed by atoms with van der Waals surface area (Å²) >= 11 is 0. The lowest BCUT2D eigenvalue weighted by Crippen LogP contribution is -2.36. The molecule has 0 unspecified atom stereocenters. The van der Waals surface area contributed by atoms with Crippen LogP contribution in [0.1, 0.15) is 32.4 Å². The maximum Gasteiger partial charge on any atom is 0.408 e. The number of ether oxygens (including phenoxy) is 1. The smallest absolute Gasteiger partial charge is 0.408 e. The topological polar surface area (TPSA) is 84.3 Å². The molecule has 0 spiro atoms. The predicted molar refractivity (Wildman–Crippen MR) is 86.7 cm³/mol. The number of amides is 1. The molecule has 1 heterocycles. The van der Waals surface area contributed by atoms with Gasteiger partial charge >= 0.3 is 6.09 Å². The van der Waals surface area contributed by atoms with Crippen molar-refractivity contribution < 1.29 is 14.6 Å². The number of aliphatic hydroxyl groups is 1. The summed E-state index contributed by atoms with van der Waals surface area (Å²) < 4.78 is 5.21. The van der Waals surface area contributed by atoms with Crippen LogP contribution in [0.15, 0.2) is 42.9 Å². The maximum atomic E-state index is 11.8. The summed E-state index contributed by atoms with van der Waals surface area (Å²) in [6, 6.07) is 6.89. The zero-order chi connectivity index (χ0) is 16.9. The van der Waals surface area contributed by atoms with E-state index in [4.69, 9.17) is 4.74 Å². The number of nitrogens with one attached hydrogen (secondary N) is 1. The average molecular weight is 315 g/mol. The number of carbonyl (C=O) groups is 1. The molecule has 6 nitrogen and oxygen atoms in total. The Balaban J connectivity index is 2.08. The fourth-order valence-corrected chi connectivity index (χ4v) is 2.02. The minimum Gasteiger partial charge on any atom is -0.444 e. The Hall–Kier alpha value is -2.47. The molecule has 2 N–H and O–H groups in total. The number of rotatable bonds is 4. The molecule has 1 aromatic heterocycles. The first-order chi connectivity index (χ1) is 10.9. The highest BCUT2D eigenvalue weighted by Crippen LogP contribution is 2.20. The highest BCUT2D eigenvalue weighted by molar-refractivity contribution is 5.68. The quantitative estimate of drug-likeness (QED) is 0.906. The Bertz CT molecular complexity index is 636. The van der Waals surface area contributed by atoms with Crippen molar-refractivity contribution in [2.24, 2.45) is 0 Å². The molecule has 0 bridgehead atoms. The number of nitrogens with zero attached hydrogens (tertiary/aromatic N) is 2. The van der Waals surface area contributed by atoms with Crippen molar-refractivity contribution >= 4 is 6.09 Å². The summed E-state index contributed by atoms with van der Waals surface area (Å²) in [6.07, 6.45) is 4.36. The van der Waals surface area contributed by atoms with E-state index in [0.29, 0.717) is 0 Å². The molecule has 0 aliphatic carbocycles. The lowest BCUT2D eigenvalue weighted by Gasteiger charge is -2.23. The van der Waals surface area contributed by atoms with Crippen LogP contribution in [-0.4, -0.2) is 33.4 Å². The van der Waals surface area contributed by atoms with Gasteiger partial charge in [0.25, 0.3) is 0 Å². The lowest BCUT2D eigenvalue weighted by atomic mass is 10.0. The van der Waals surface area contributed by atoms with Crippen molar-refractivity contribution in [3.05, 3.63) is 48.4 Å². The van der Waals surface area contributed by atoms with E-state index in [2.05, 4.69) is 15.3 Å². The monoisotopic (exact) mass is 315 g/mol. The van der Waals surface area contributed by atoms with Gasteiger partial charge in [-0.25, -0.2) is 4.79 Å². The molecular weight excluding hydrogens is 294 g/mol. The van der Waals surface area contributed by atoms with Crippen molar-refractivity contribution in [2.75, 3.05) is 6.61 Å². The van der Waals surface area contributed by atoms with Crippen molar-refractivity contribution in [3.63, 3.8) is 0 Å². The number of aliphatic hydroxyl groups excluding tert-OH is 1. The number of aromatic nitrogens is 2. The molecule has 2 aromatic rings. The molecule has 0 aliphatic heterocycles. The number of alkyl carbamates (subject to hydrolysis) is 1. The molecule has 0 aliphatic rings. The highest BCUT2D eigenvalue weighted by Gasteiger charge is 2.20. The van der Waals surface area contributed by atoms with Gasteiger partial charge in [-0.05, 0) is 26.3 Å². The van der Waals surface area contributed by atoms with Crippen LogP contribution in [0.4, 0.5) is 4.79 Å². The molecular formula is C17H21N3O3. The van der Waals surface area contributed by atoms with E-state index in [0.717, 1.165) is 16.8 Å². The Morgan fingerprint density at radius 2 is 1.96 bits per heavy atom. The molecule has 1 amide bonds. The predicted octanol–water partition coefficient (Wildman–Crippen LogP) is 2.70. The average Bonchev–Trinajstić information content (AvgIpc) is 2.52. The van der Waals surface area contributed by atoms with Crippen LogP contribution >= 0.6 is 0 Å². The van der Waals surface area contributed by atoms with Gasteiger partial charge < -0.3 is 15.2 Å². The van der Waals surface area contributed by atoms with E-state index in [1.54, 1.807) is 39.4 Å². The first kappa shape index (κ1) is 16.9. The van der Waals surface area contributed by atoms with E-state index in [1.807, 2.05) is 24.3 Å². The van der Waals surface area contributed by atoms with Crippen LogP contribution in [0.25, 0.3) is 11.3 Å². The second-order valence-electron chi connectivity index (χ2n) is 6.09. The van der Waals surface area contributed by atoms with Crippen molar-refractivity contribution in [2.45, 2.75) is 32.4 Å². The van der Waals surface area contributed by atoms with Gasteiger partial charge in [0, 0.05) is 18.0 Å². The molecule has 1 atom stereocenters. The zero-order valence-electron chi connectivity index (χ0n) is 13.5. The van der Waals surface area contributed by atoms with Gasteiger partial charge in [-0.3, -0.25) is 9.97 Å². The second kappa shape index (κ2) is 7.19. The molecule has 0 fully saturated rings. The summed E-state index contributed by atoms with van der Waals surface area (Å²) in [7, 11) is 0. The molecule has 0 saturated carbocycles. The molecule has 0 saturated heterocycles. The number of carbonyl (C=O) groups excluding carboxylic acids is 1. The van der Waals surface area contributed by atoms with Crippen LogP contribution < -0.4 is 5.32 Å². The Kier molecular flexibility index (Phi) is 5.28. The zero-order valence-corrected chi connectivity index (χ0v) is 13.5. The Labute approximate surface area is 135 Å². The van der Waals surface area contributed by atoms with Gasteiger partial charge in [-0.1, -0.05) is 24.3 Å². The van der Waals surface area contributed by atoms with E-state index >= 15 is 0 Å². The normalized spacial score (nSPS) is 12.5. The van der Waals surface area contributed by atoms with Crippen LogP contribution in [-0.2, 0) is 4.74 Å². The molecule has 23 heavy (non-hydrogen) atoms. The number of hydrogen-bond acceptors (Lipinski definition) is 5. The van der Waals surface area contributed by atoms with Crippen LogP contribution in [0.3, 0.4) is 0 Å². The van der Waals surface area contributed by atoms with Crippen molar-refractivity contribution in [1.29, 1.82) is 0 Å². The van der Waals surface area contributed by atoms with Crippen molar-refractivity contribution in [3.8, 4) is 11.3 Å². The van der Waals surface area contributed by atoms with Crippen LogP contribution in [0, 0.1) is 0 Å². The van der Waals surface area contributed by atoms with E-state index in [9.17, 15) is 9.90 Å². The van der Waals surface area contributed by atoms with Crippen LogP contribution in [0.2, 0.25) is 0 Å². The highest BCUT2D eigenvalue weighted by atomic mass is 16.6. The van der Waals surface area contributed by atoms with E-state index in [1.165, 1.54) is 0 Å². The summed E-state index contributed by atoms with van der Waals surface area (Å²) in [5.41, 5.74) is 1.88. The number of benzene rings is 1. The Morgan fingerprint density at radius 3 is 2.48 bits per heavy atom. The summed E-state index contributed by atoms with van der Waals surface area (Å²) in [4.78, 5) is 20.1. The lowest BCUT2D eigenvalue weighted by molar-refractivity contribution is 0.0482.